The highest BCUT2D eigenvalue weighted by molar-refractivity contribution is 7.89. The van der Waals surface area contributed by atoms with Crippen LogP contribution in [-0.2, 0) is 21.3 Å². The van der Waals surface area contributed by atoms with Crippen molar-refractivity contribution in [2.45, 2.75) is 18.4 Å². The zero-order valence-corrected chi connectivity index (χ0v) is 11.5. The molecule has 2 aromatic rings. The van der Waals surface area contributed by atoms with Crippen LogP contribution in [-0.4, -0.2) is 18.6 Å². The van der Waals surface area contributed by atoms with E-state index in [9.17, 15) is 12.8 Å². The van der Waals surface area contributed by atoms with Gasteiger partial charge in [-0.2, -0.15) is 4.98 Å². The molecule has 0 aliphatic heterocycles. The summed E-state index contributed by atoms with van der Waals surface area (Å²) in [6, 6.07) is 4.01. The molecule has 5 nitrogen and oxygen atoms in total. The Bertz CT molecular complexity index is 679. The monoisotopic (exact) mass is 304 g/mol. The maximum Gasteiger partial charge on any atom is 0.223 e. The third-order valence-electron chi connectivity index (χ3n) is 2.34. The van der Waals surface area contributed by atoms with Crippen molar-refractivity contribution in [2.75, 3.05) is 0 Å². The van der Waals surface area contributed by atoms with Gasteiger partial charge in [-0.1, -0.05) is 22.8 Å². The van der Waals surface area contributed by atoms with Crippen LogP contribution < -0.4 is 0 Å². The molecule has 8 heteroatoms. The van der Waals surface area contributed by atoms with Crippen LogP contribution in [0.25, 0.3) is 0 Å². The average Bonchev–Trinajstić information content (AvgIpc) is 2.69. The van der Waals surface area contributed by atoms with Crippen molar-refractivity contribution in [3.63, 3.8) is 0 Å². The van der Waals surface area contributed by atoms with Crippen molar-refractivity contribution in [1.29, 1.82) is 0 Å². The Kier molecular flexibility index (Phi) is 3.86. The number of sulfone groups is 1. The van der Waals surface area contributed by atoms with Gasteiger partial charge in [-0.3, -0.25) is 0 Å². The molecule has 1 aromatic heterocycles. The summed E-state index contributed by atoms with van der Waals surface area (Å²) in [6.07, 6.45) is 0. The van der Waals surface area contributed by atoms with E-state index in [1.807, 2.05) is 0 Å². The van der Waals surface area contributed by atoms with E-state index in [0.29, 0.717) is 0 Å². The Morgan fingerprint density at radius 3 is 2.68 bits per heavy atom. The van der Waals surface area contributed by atoms with Gasteiger partial charge in [0.25, 0.3) is 0 Å². The molecule has 0 spiro atoms. The van der Waals surface area contributed by atoms with E-state index in [0.717, 1.165) is 6.07 Å². The molecule has 1 aromatic carbocycles. The first-order chi connectivity index (χ1) is 8.87. The van der Waals surface area contributed by atoms with Crippen LogP contribution in [0.15, 0.2) is 22.7 Å². The Balaban J connectivity index is 2.22. The Labute approximate surface area is 114 Å². The summed E-state index contributed by atoms with van der Waals surface area (Å²) in [5, 5.41) is 3.57. The van der Waals surface area contributed by atoms with Crippen molar-refractivity contribution in [1.82, 2.24) is 10.1 Å². The van der Waals surface area contributed by atoms with Gasteiger partial charge in [-0.15, -0.1) is 0 Å². The van der Waals surface area contributed by atoms with Gasteiger partial charge >= 0.3 is 0 Å². The lowest BCUT2D eigenvalue weighted by Crippen LogP contribution is -2.10. The largest absolute Gasteiger partial charge is 0.340 e. The summed E-state index contributed by atoms with van der Waals surface area (Å²) in [5.41, 5.74) is -0.0515. The lowest BCUT2D eigenvalue weighted by molar-refractivity contribution is 0.388. The molecular formula is C11H10ClFN2O3S. The third-order valence-corrected chi connectivity index (χ3v) is 4.13. The van der Waals surface area contributed by atoms with E-state index in [4.69, 9.17) is 11.6 Å². The molecule has 0 bridgehead atoms. The van der Waals surface area contributed by atoms with Gasteiger partial charge in [0.15, 0.2) is 15.7 Å². The summed E-state index contributed by atoms with van der Waals surface area (Å²) >= 11 is 5.79. The van der Waals surface area contributed by atoms with E-state index < -0.39 is 27.2 Å². The van der Waals surface area contributed by atoms with Crippen LogP contribution in [0.2, 0.25) is 5.02 Å². The molecule has 102 valence electrons. The predicted octanol–water partition coefficient (Wildman–Crippen LogP) is 2.29. The normalized spacial score (nSPS) is 11.7. The molecule has 0 saturated carbocycles. The van der Waals surface area contributed by atoms with Crippen molar-refractivity contribution < 1.29 is 17.3 Å². The lowest BCUT2D eigenvalue weighted by Gasteiger charge is -2.05. The molecule has 0 N–H and O–H groups in total. The number of hydrogen-bond donors (Lipinski definition) is 0. The van der Waals surface area contributed by atoms with Crippen LogP contribution in [0, 0.1) is 12.7 Å². The van der Waals surface area contributed by atoms with Crippen molar-refractivity contribution in [3.05, 3.63) is 46.3 Å². The van der Waals surface area contributed by atoms with E-state index in [1.54, 1.807) is 6.92 Å². The van der Waals surface area contributed by atoms with E-state index in [-0.39, 0.29) is 22.3 Å². The summed E-state index contributed by atoms with van der Waals surface area (Å²) < 4.78 is 42.1. The Morgan fingerprint density at radius 1 is 1.37 bits per heavy atom. The Morgan fingerprint density at radius 2 is 2.11 bits per heavy atom. The van der Waals surface area contributed by atoms with Crippen LogP contribution in [0.1, 0.15) is 17.3 Å². The molecule has 2 rings (SSSR count). The van der Waals surface area contributed by atoms with Crippen molar-refractivity contribution in [2.24, 2.45) is 0 Å². The topological polar surface area (TPSA) is 73.1 Å². The standard InChI is InChI=1S/C11H10ClFN2O3S/c1-7-14-11(15-18-7)6-19(16,17)5-8-9(12)3-2-4-10(8)13/h2-4H,5-6H2,1H3. The molecule has 0 amide bonds. The van der Waals surface area contributed by atoms with Gasteiger partial charge in [0.05, 0.1) is 5.75 Å². The van der Waals surface area contributed by atoms with Gasteiger partial charge < -0.3 is 4.52 Å². The van der Waals surface area contributed by atoms with Gasteiger partial charge in [0.1, 0.15) is 11.6 Å². The third kappa shape index (κ3) is 3.51. The highest BCUT2D eigenvalue weighted by Crippen LogP contribution is 2.22. The second-order valence-electron chi connectivity index (χ2n) is 3.96. The minimum Gasteiger partial charge on any atom is -0.340 e. The molecule has 0 aliphatic rings. The van der Waals surface area contributed by atoms with E-state index in [2.05, 4.69) is 14.7 Å². The number of hydrogen-bond acceptors (Lipinski definition) is 5. The maximum atomic E-state index is 13.5. The van der Waals surface area contributed by atoms with Gasteiger partial charge in [-0.25, -0.2) is 12.8 Å². The molecule has 0 saturated heterocycles. The van der Waals surface area contributed by atoms with E-state index in [1.165, 1.54) is 12.1 Å². The van der Waals surface area contributed by atoms with Crippen molar-refractivity contribution >= 4 is 21.4 Å². The zero-order chi connectivity index (χ0) is 14.0. The molecule has 1 heterocycles. The highest BCUT2D eigenvalue weighted by Gasteiger charge is 2.20. The second kappa shape index (κ2) is 5.26. The number of rotatable bonds is 4. The molecule has 0 unspecified atom stereocenters. The molecule has 19 heavy (non-hydrogen) atoms. The molecule has 0 fully saturated rings. The molecule has 0 radical (unpaired) electrons. The SMILES string of the molecule is Cc1nc(CS(=O)(=O)Cc2c(F)cccc2Cl)no1. The molecule has 0 aliphatic carbocycles. The fourth-order valence-electron chi connectivity index (χ4n) is 1.54. The van der Waals surface area contributed by atoms with Crippen LogP contribution >= 0.6 is 11.6 Å². The average molecular weight is 305 g/mol. The number of halogens is 2. The smallest absolute Gasteiger partial charge is 0.223 e. The number of nitrogens with zero attached hydrogens (tertiary/aromatic N) is 2. The van der Waals surface area contributed by atoms with Crippen molar-refractivity contribution in [3.8, 4) is 0 Å². The van der Waals surface area contributed by atoms with E-state index >= 15 is 0 Å². The second-order valence-corrected chi connectivity index (χ2v) is 6.43. The molecule has 0 atom stereocenters. The van der Waals surface area contributed by atoms with Gasteiger partial charge in [-0.05, 0) is 12.1 Å². The van der Waals surface area contributed by atoms with Crippen LogP contribution in [0.4, 0.5) is 4.39 Å². The fraction of sp³-hybridized carbons (Fsp3) is 0.273. The Hall–Kier alpha value is -1.47. The highest BCUT2D eigenvalue weighted by atomic mass is 35.5. The first kappa shape index (κ1) is 14.0. The lowest BCUT2D eigenvalue weighted by atomic mass is 10.2. The number of benzene rings is 1. The summed E-state index contributed by atoms with van der Waals surface area (Å²) in [4.78, 5) is 3.80. The minimum atomic E-state index is -3.63. The quantitative estimate of drug-likeness (QED) is 0.866. The number of aromatic nitrogens is 2. The summed E-state index contributed by atoms with van der Waals surface area (Å²) in [5.74, 6) is -1.26. The van der Waals surface area contributed by atoms with Gasteiger partial charge in [0, 0.05) is 17.5 Å². The summed E-state index contributed by atoms with van der Waals surface area (Å²) in [7, 11) is -3.63. The molecular weight excluding hydrogens is 295 g/mol. The minimum absolute atomic E-state index is 0.0463. The van der Waals surface area contributed by atoms with Crippen LogP contribution in [0.3, 0.4) is 0 Å². The first-order valence-electron chi connectivity index (χ1n) is 5.30. The summed E-state index contributed by atoms with van der Waals surface area (Å²) in [6.45, 7) is 1.55. The first-order valence-corrected chi connectivity index (χ1v) is 7.50. The van der Waals surface area contributed by atoms with Gasteiger partial charge in [0.2, 0.25) is 5.89 Å². The maximum absolute atomic E-state index is 13.5. The fourth-order valence-corrected chi connectivity index (χ4v) is 3.19. The zero-order valence-electron chi connectivity index (χ0n) is 9.93. The predicted molar refractivity (Wildman–Crippen MR) is 66.8 cm³/mol. The van der Waals surface area contributed by atoms with Crippen LogP contribution in [0.5, 0.6) is 0 Å². The number of aryl methyl sites for hydroxylation is 1.